The van der Waals surface area contributed by atoms with E-state index in [4.69, 9.17) is 5.73 Å². The molecule has 0 aromatic carbocycles. The van der Waals surface area contributed by atoms with Gasteiger partial charge in [-0.05, 0) is 31.7 Å². The van der Waals surface area contributed by atoms with Gasteiger partial charge in [0, 0.05) is 18.6 Å². The Morgan fingerprint density at radius 3 is 2.58 bits per heavy atom. The Morgan fingerprint density at radius 1 is 1.42 bits per heavy atom. The van der Waals surface area contributed by atoms with Crippen molar-refractivity contribution in [1.29, 1.82) is 0 Å². The van der Waals surface area contributed by atoms with Gasteiger partial charge in [0.05, 0.1) is 0 Å². The Labute approximate surface area is 75.1 Å². The Bertz CT molecular complexity index is 157. The summed E-state index contributed by atoms with van der Waals surface area (Å²) >= 11 is 0. The van der Waals surface area contributed by atoms with Crippen LogP contribution < -0.4 is 5.73 Å². The smallest absolute Gasteiger partial charge is 0.0440 e. The van der Waals surface area contributed by atoms with Gasteiger partial charge >= 0.3 is 0 Å². The number of nitrogens with two attached hydrogens (primary N) is 1. The summed E-state index contributed by atoms with van der Waals surface area (Å²) < 4.78 is 0. The van der Waals surface area contributed by atoms with Crippen LogP contribution in [0.15, 0.2) is 0 Å². The van der Waals surface area contributed by atoms with Gasteiger partial charge in [0.1, 0.15) is 0 Å². The lowest BCUT2D eigenvalue weighted by Crippen LogP contribution is -2.68. The van der Waals surface area contributed by atoms with E-state index < -0.39 is 0 Å². The number of hydrogen-bond donors (Lipinski definition) is 1. The number of rotatable bonds is 4. The molecule has 0 unspecified atom stereocenters. The zero-order chi connectivity index (χ0) is 8.60. The van der Waals surface area contributed by atoms with Crippen LogP contribution >= 0.6 is 0 Å². The molecule has 2 heteroatoms. The zero-order valence-corrected chi connectivity index (χ0v) is 8.05. The second-order valence-corrected chi connectivity index (χ2v) is 4.57. The molecule has 1 heterocycles. The first-order valence-electron chi connectivity index (χ1n) is 5.26. The lowest BCUT2D eigenvalue weighted by atomic mass is 9.85. The van der Waals surface area contributed by atoms with Gasteiger partial charge in [-0.25, -0.2) is 0 Å². The Hall–Kier alpha value is -0.0800. The van der Waals surface area contributed by atoms with Crippen LogP contribution in [0, 0.1) is 5.92 Å². The third-order valence-corrected chi connectivity index (χ3v) is 3.25. The summed E-state index contributed by atoms with van der Waals surface area (Å²) in [5, 5.41) is 0. The standard InChI is InChI=1S/C10H20N2/c1-2-3-6-12-7-10(11,8-12)9-4-5-9/h9H,2-8,11H2,1H3. The summed E-state index contributed by atoms with van der Waals surface area (Å²) in [6, 6.07) is 0. The van der Waals surface area contributed by atoms with Crippen molar-refractivity contribution in [2.45, 2.75) is 38.1 Å². The van der Waals surface area contributed by atoms with Gasteiger partial charge in [-0.15, -0.1) is 0 Å². The topological polar surface area (TPSA) is 29.3 Å². The number of likely N-dealkylation sites (tertiary alicyclic amines) is 1. The second-order valence-electron chi connectivity index (χ2n) is 4.57. The van der Waals surface area contributed by atoms with E-state index in [-0.39, 0.29) is 5.54 Å². The highest BCUT2D eigenvalue weighted by Gasteiger charge is 2.49. The van der Waals surface area contributed by atoms with Crippen molar-refractivity contribution in [2.75, 3.05) is 19.6 Å². The molecule has 2 nitrogen and oxygen atoms in total. The maximum absolute atomic E-state index is 6.23. The highest BCUT2D eigenvalue weighted by molar-refractivity contribution is 5.08. The van der Waals surface area contributed by atoms with Crippen LogP contribution in [0.2, 0.25) is 0 Å². The minimum absolute atomic E-state index is 0.230. The SMILES string of the molecule is CCCCN1CC(N)(C2CC2)C1. The summed E-state index contributed by atoms with van der Waals surface area (Å²) in [5.74, 6) is 0.871. The molecule has 1 saturated carbocycles. The molecule has 2 N–H and O–H groups in total. The molecule has 0 spiro atoms. The van der Waals surface area contributed by atoms with Gasteiger partial charge in [-0.2, -0.15) is 0 Å². The molecule has 0 radical (unpaired) electrons. The molecule has 0 aromatic heterocycles. The molecule has 0 aromatic rings. The van der Waals surface area contributed by atoms with Crippen LogP contribution in [0.4, 0.5) is 0 Å². The molecule has 2 aliphatic rings. The molecule has 2 rings (SSSR count). The lowest BCUT2D eigenvalue weighted by Gasteiger charge is -2.48. The summed E-state index contributed by atoms with van der Waals surface area (Å²) in [6.07, 6.45) is 5.41. The van der Waals surface area contributed by atoms with Crippen molar-refractivity contribution in [3.8, 4) is 0 Å². The third-order valence-electron chi connectivity index (χ3n) is 3.25. The largest absolute Gasteiger partial charge is 0.323 e. The van der Waals surface area contributed by atoms with Crippen molar-refractivity contribution in [2.24, 2.45) is 11.7 Å². The fourth-order valence-corrected chi connectivity index (χ4v) is 2.24. The monoisotopic (exact) mass is 168 g/mol. The van der Waals surface area contributed by atoms with Crippen molar-refractivity contribution in [3.63, 3.8) is 0 Å². The molecule has 0 bridgehead atoms. The van der Waals surface area contributed by atoms with Crippen LogP contribution in [0.3, 0.4) is 0 Å². The normalized spacial score (nSPS) is 28.5. The first-order valence-corrected chi connectivity index (χ1v) is 5.26. The van der Waals surface area contributed by atoms with Gasteiger partial charge in [0.25, 0.3) is 0 Å². The van der Waals surface area contributed by atoms with Crippen LogP contribution in [0.1, 0.15) is 32.6 Å². The van der Waals surface area contributed by atoms with E-state index in [0.29, 0.717) is 0 Å². The summed E-state index contributed by atoms with van der Waals surface area (Å²) in [4.78, 5) is 2.50. The van der Waals surface area contributed by atoms with Gasteiger partial charge in [0.15, 0.2) is 0 Å². The molecule has 70 valence electrons. The average molecular weight is 168 g/mol. The van der Waals surface area contributed by atoms with Crippen molar-refractivity contribution in [3.05, 3.63) is 0 Å². The van der Waals surface area contributed by atoms with Crippen LogP contribution in [-0.4, -0.2) is 30.1 Å². The molecule has 2 fully saturated rings. The van der Waals surface area contributed by atoms with Crippen molar-refractivity contribution < 1.29 is 0 Å². The van der Waals surface area contributed by atoms with E-state index in [1.54, 1.807) is 0 Å². The number of hydrogen-bond acceptors (Lipinski definition) is 2. The maximum Gasteiger partial charge on any atom is 0.0440 e. The summed E-state index contributed by atoms with van der Waals surface area (Å²) in [7, 11) is 0. The Morgan fingerprint density at radius 2 is 2.08 bits per heavy atom. The van der Waals surface area contributed by atoms with Gasteiger partial charge in [-0.1, -0.05) is 13.3 Å². The fraction of sp³-hybridized carbons (Fsp3) is 1.00. The van der Waals surface area contributed by atoms with Gasteiger partial charge in [-0.3, -0.25) is 4.90 Å². The van der Waals surface area contributed by atoms with E-state index in [0.717, 1.165) is 19.0 Å². The predicted octanol–water partition coefficient (Wildman–Crippen LogP) is 1.21. The number of unbranched alkanes of at least 4 members (excludes halogenated alkanes) is 1. The van der Waals surface area contributed by atoms with E-state index in [1.807, 2.05) is 0 Å². The Balaban J connectivity index is 1.68. The van der Waals surface area contributed by atoms with E-state index >= 15 is 0 Å². The molecular formula is C10H20N2. The molecule has 1 saturated heterocycles. The summed E-state index contributed by atoms with van der Waals surface area (Å²) in [5.41, 5.74) is 6.46. The van der Waals surface area contributed by atoms with Crippen molar-refractivity contribution in [1.82, 2.24) is 4.90 Å². The zero-order valence-electron chi connectivity index (χ0n) is 8.05. The van der Waals surface area contributed by atoms with Gasteiger partial charge in [0.2, 0.25) is 0 Å². The third kappa shape index (κ3) is 1.50. The van der Waals surface area contributed by atoms with Crippen LogP contribution in [0.5, 0.6) is 0 Å². The fourth-order valence-electron chi connectivity index (χ4n) is 2.24. The summed E-state index contributed by atoms with van der Waals surface area (Å²) in [6.45, 7) is 5.84. The van der Waals surface area contributed by atoms with Gasteiger partial charge < -0.3 is 5.73 Å². The molecule has 1 aliphatic carbocycles. The van der Waals surface area contributed by atoms with Crippen LogP contribution in [0.25, 0.3) is 0 Å². The minimum Gasteiger partial charge on any atom is -0.323 e. The lowest BCUT2D eigenvalue weighted by molar-refractivity contribution is 0.0538. The molecule has 0 amide bonds. The molecular weight excluding hydrogens is 148 g/mol. The quantitative estimate of drug-likeness (QED) is 0.683. The first kappa shape index (κ1) is 8.52. The van der Waals surface area contributed by atoms with Crippen molar-refractivity contribution >= 4 is 0 Å². The second kappa shape index (κ2) is 3.00. The highest BCUT2D eigenvalue weighted by atomic mass is 15.3. The van der Waals surface area contributed by atoms with Crippen LogP contribution in [-0.2, 0) is 0 Å². The first-order chi connectivity index (χ1) is 5.74. The number of nitrogens with zero attached hydrogens (tertiary/aromatic N) is 1. The predicted molar refractivity (Wildman–Crippen MR) is 51.0 cm³/mol. The molecule has 0 atom stereocenters. The average Bonchev–Trinajstić information content (AvgIpc) is 2.77. The van der Waals surface area contributed by atoms with E-state index in [1.165, 1.54) is 32.2 Å². The van der Waals surface area contributed by atoms with E-state index in [2.05, 4.69) is 11.8 Å². The van der Waals surface area contributed by atoms with E-state index in [9.17, 15) is 0 Å². The highest BCUT2D eigenvalue weighted by Crippen LogP contribution is 2.42. The molecule has 12 heavy (non-hydrogen) atoms. The Kier molecular flexibility index (Phi) is 2.13. The molecule has 1 aliphatic heterocycles. The minimum atomic E-state index is 0.230. The maximum atomic E-state index is 6.23.